The maximum Gasteiger partial charge on any atom is 0.416 e. The highest BCUT2D eigenvalue weighted by Crippen LogP contribution is 2.38. The molecule has 1 aromatic carbocycles. The van der Waals surface area contributed by atoms with Gasteiger partial charge in [-0.25, -0.2) is 13.2 Å². The van der Waals surface area contributed by atoms with Crippen molar-refractivity contribution in [2.45, 2.75) is 102 Å². The molecule has 0 spiro atoms. The van der Waals surface area contributed by atoms with Crippen LogP contribution in [0.2, 0.25) is 0 Å². The minimum absolute atomic E-state index is 0.129. The number of piperidine rings is 1. The summed E-state index contributed by atoms with van der Waals surface area (Å²) in [5.74, 6) is -0.0986. The Kier molecular flexibility index (Phi) is 9.31. The van der Waals surface area contributed by atoms with E-state index in [1.807, 2.05) is 13.8 Å². The number of hydrogen-bond donors (Lipinski definition) is 0. The maximum atomic E-state index is 13.6. The number of amides is 2. The van der Waals surface area contributed by atoms with Crippen molar-refractivity contribution in [3.63, 3.8) is 0 Å². The van der Waals surface area contributed by atoms with E-state index in [2.05, 4.69) is 0 Å². The van der Waals surface area contributed by atoms with Crippen LogP contribution in [0.1, 0.15) is 72.3 Å². The van der Waals surface area contributed by atoms with E-state index in [0.717, 1.165) is 12.1 Å². The third-order valence-corrected chi connectivity index (χ3v) is 8.91. The first-order valence-electron chi connectivity index (χ1n) is 13.4. The van der Waals surface area contributed by atoms with E-state index in [1.165, 1.54) is 15.3 Å². The van der Waals surface area contributed by atoms with Gasteiger partial charge in [-0.3, -0.25) is 9.69 Å². The Morgan fingerprint density at radius 3 is 2.10 bits per heavy atom. The SMILES string of the molecule is CC(C)CC(C(=O)N1CCC(N(C2CC2)S(=O)(=O)c2cccc(C(F)(F)F)c2)CC1)N(C)C(=O)OC(C)(C)C. The number of hydrogen-bond acceptors (Lipinski definition) is 5. The molecule has 0 bridgehead atoms. The third-order valence-electron chi connectivity index (χ3n) is 6.91. The summed E-state index contributed by atoms with van der Waals surface area (Å²) in [5, 5.41) is 0. The number of benzene rings is 1. The minimum Gasteiger partial charge on any atom is -0.444 e. The number of alkyl halides is 3. The zero-order valence-corrected chi connectivity index (χ0v) is 24.3. The van der Waals surface area contributed by atoms with E-state index in [0.29, 0.717) is 38.2 Å². The van der Waals surface area contributed by atoms with Gasteiger partial charge in [-0.2, -0.15) is 17.5 Å². The number of ether oxygens (including phenoxy) is 1. The molecular formula is C27H40F3N3O5S. The number of rotatable bonds is 8. The molecule has 1 aliphatic heterocycles. The van der Waals surface area contributed by atoms with Gasteiger partial charge in [0.15, 0.2) is 0 Å². The number of sulfonamides is 1. The van der Waals surface area contributed by atoms with Crippen molar-refractivity contribution in [3.8, 4) is 0 Å². The first-order chi connectivity index (χ1) is 17.9. The second-order valence-corrected chi connectivity index (χ2v) is 13.7. The third kappa shape index (κ3) is 7.87. The average Bonchev–Trinajstić information content (AvgIpc) is 3.65. The number of carbonyl (C=O) groups is 2. The Hall–Kier alpha value is -2.34. The fourth-order valence-electron chi connectivity index (χ4n) is 4.86. The normalized spacial score (nSPS) is 18.4. The van der Waals surface area contributed by atoms with Gasteiger partial charge in [0.2, 0.25) is 15.9 Å². The molecule has 8 nitrogen and oxygen atoms in total. The summed E-state index contributed by atoms with van der Waals surface area (Å²) in [7, 11) is -2.63. The fourth-order valence-corrected chi connectivity index (χ4v) is 6.83. The Labute approximate surface area is 229 Å². The molecule has 1 aromatic rings. The van der Waals surface area contributed by atoms with E-state index in [-0.39, 0.29) is 35.9 Å². The zero-order valence-electron chi connectivity index (χ0n) is 23.5. The van der Waals surface area contributed by atoms with Crippen LogP contribution in [0.15, 0.2) is 29.2 Å². The number of likely N-dealkylation sites (tertiary alicyclic amines) is 1. The number of nitrogens with zero attached hydrogens (tertiary/aromatic N) is 3. The highest BCUT2D eigenvalue weighted by atomic mass is 32.2. The molecule has 1 unspecified atom stereocenters. The Balaban J connectivity index is 1.75. The van der Waals surface area contributed by atoms with E-state index in [4.69, 9.17) is 4.74 Å². The van der Waals surface area contributed by atoms with Crippen molar-refractivity contribution in [2.75, 3.05) is 20.1 Å². The molecule has 1 saturated carbocycles. The number of carbonyl (C=O) groups excluding carboxylic acids is 2. The summed E-state index contributed by atoms with van der Waals surface area (Å²) in [6.07, 6.45) is -2.81. The molecule has 1 heterocycles. The molecule has 12 heteroatoms. The van der Waals surface area contributed by atoms with Gasteiger partial charge in [0, 0.05) is 32.2 Å². The summed E-state index contributed by atoms with van der Waals surface area (Å²) < 4.78 is 73.7. The average molecular weight is 576 g/mol. The maximum absolute atomic E-state index is 13.6. The van der Waals surface area contributed by atoms with E-state index in [9.17, 15) is 31.2 Å². The van der Waals surface area contributed by atoms with Crippen LogP contribution in [0.3, 0.4) is 0 Å². The predicted molar refractivity (Wildman–Crippen MR) is 140 cm³/mol. The summed E-state index contributed by atoms with van der Waals surface area (Å²) in [6, 6.07) is 2.42. The molecule has 3 rings (SSSR count). The Bertz CT molecular complexity index is 1140. The van der Waals surface area contributed by atoms with Crippen molar-refractivity contribution in [1.29, 1.82) is 0 Å². The van der Waals surface area contributed by atoms with Crippen LogP contribution >= 0.6 is 0 Å². The summed E-state index contributed by atoms with van der Waals surface area (Å²) in [6.45, 7) is 9.73. The van der Waals surface area contributed by atoms with E-state index < -0.39 is 45.5 Å². The quantitative estimate of drug-likeness (QED) is 0.429. The van der Waals surface area contributed by atoms with Crippen molar-refractivity contribution < 1.29 is 35.9 Å². The smallest absolute Gasteiger partial charge is 0.416 e. The molecule has 0 radical (unpaired) electrons. The zero-order chi connectivity index (χ0) is 29.3. The van der Waals surface area contributed by atoms with Crippen LogP contribution in [-0.4, -0.2) is 78.4 Å². The molecule has 2 aliphatic rings. The highest BCUT2D eigenvalue weighted by Gasteiger charge is 2.45. The lowest BCUT2D eigenvalue weighted by Gasteiger charge is -2.40. The van der Waals surface area contributed by atoms with E-state index in [1.54, 1.807) is 32.7 Å². The van der Waals surface area contributed by atoms with Gasteiger partial charge in [0.25, 0.3) is 0 Å². The molecule has 1 aliphatic carbocycles. The molecular weight excluding hydrogens is 535 g/mol. The highest BCUT2D eigenvalue weighted by molar-refractivity contribution is 7.89. The molecule has 0 aromatic heterocycles. The van der Waals surface area contributed by atoms with Gasteiger partial charge in [-0.15, -0.1) is 0 Å². The van der Waals surface area contributed by atoms with Crippen LogP contribution in [0.5, 0.6) is 0 Å². The first-order valence-corrected chi connectivity index (χ1v) is 14.8. The largest absolute Gasteiger partial charge is 0.444 e. The summed E-state index contributed by atoms with van der Waals surface area (Å²) >= 11 is 0. The van der Waals surface area contributed by atoms with Gasteiger partial charge in [-0.05, 0) is 77.0 Å². The minimum atomic E-state index is -4.65. The van der Waals surface area contributed by atoms with Crippen LogP contribution in [0.4, 0.5) is 18.0 Å². The molecule has 0 N–H and O–H groups in total. The van der Waals surface area contributed by atoms with Gasteiger partial charge in [0.05, 0.1) is 10.5 Å². The second kappa shape index (κ2) is 11.6. The lowest BCUT2D eigenvalue weighted by Crippen LogP contribution is -2.55. The van der Waals surface area contributed by atoms with Gasteiger partial charge in [0.1, 0.15) is 11.6 Å². The van der Waals surface area contributed by atoms with E-state index >= 15 is 0 Å². The lowest BCUT2D eigenvalue weighted by molar-refractivity contribution is -0.138. The number of likely N-dealkylation sites (N-methyl/N-ethyl adjacent to an activating group) is 1. The van der Waals surface area contributed by atoms with Crippen LogP contribution in [0.25, 0.3) is 0 Å². The fraction of sp³-hybridized carbons (Fsp3) is 0.704. The molecule has 1 saturated heterocycles. The second-order valence-electron chi connectivity index (χ2n) is 11.9. The predicted octanol–water partition coefficient (Wildman–Crippen LogP) is 5.13. The van der Waals surface area contributed by atoms with Crippen LogP contribution in [-0.2, 0) is 25.7 Å². The standard InChI is InChI=1S/C27H40F3N3O5S/c1-18(2)16-23(31(6)25(35)38-26(3,4)5)24(34)32-14-12-21(13-15-32)33(20-10-11-20)39(36,37)22-9-7-8-19(17-22)27(28,29)30/h7-9,17-18,20-21,23H,10-16H2,1-6H3. The topological polar surface area (TPSA) is 87.2 Å². The van der Waals surface area contributed by atoms with Crippen molar-refractivity contribution in [1.82, 2.24) is 14.1 Å². The molecule has 1 atom stereocenters. The van der Waals surface area contributed by atoms with Crippen molar-refractivity contribution in [2.24, 2.45) is 5.92 Å². The van der Waals surface area contributed by atoms with Crippen LogP contribution in [0, 0.1) is 5.92 Å². The van der Waals surface area contributed by atoms with Gasteiger partial charge >= 0.3 is 12.3 Å². The first kappa shape index (κ1) is 31.2. The van der Waals surface area contributed by atoms with Crippen LogP contribution < -0.4 is 0 Å². The Morgan fingerprint density at radius 2 is 1.62 bits per heavy atom. The summed E-state index contributed by atoms with van der Waals surface area (Å²) in [5.41, 5.74) is -1.73. The molecule has 2 fully saturated rings. The molecule has 39 heavy (non-hydrogen) atoms. The lowest BCUT2D eigenvalue weighted by atomic mass is 9.99. The van der Waals surface area contributed by atoms with Gasteiger partial charge < -0.3 is 9.64 Å². The van der Waals surface area contributed by atoms with Crippen molar-refractivity contribution >= 4 is 22.0 Å². The van der Waals surface area contributed by atoms with Gasteiger partial charge in [-0.1, -0.05) is 19.9 Å². The molecule has 220 valence electrons. The summed E-state index contributed by atoms with van der Waals surface area (Å²) in [4.78, 5) is 28.9. The molecule has 2 amide bonds. The Morgan fingerprint density at radius 1 is 1.05 bits per heavy atom. The van der Waals surface area contributed by atoms with Crippen molar-refractivity contribution in [3.05, 3.63) is 29.8 Å². The number of halogens is 3. The monoisotopic (exact) mass is 575 g/mol.